The van der Waals surface area contributed by atoms with Crippen molar-refractivity contribution in [1.29, 1.82) is 0 Å². The van der Waals surface area contributed by atoms with Crippen LogP contribution in [0.2, 0.25) is 0 Å². The second-order valence-corrected chi connectivity index (χ2v) is 12.4. The number of para-hydroxylation sites is 1. The van der Waals surface area contributed by atoms with Crippen LogP contribution in [0, 0.1) is 13.8 Å². The van der Waals surface area contributed by atoms with Crippen molar-refractivity contribution in [2.75, 3.05) is 34.0 Å². The van der Waals surface area contributed by atoms with Crippen LogP contribution in [0.5, 0.6) is 23.0 Å². The first kappa shape index (κ1) is 33.7. The summed E-state index contributed by atoms with van der Waals surface area (Å²) in [6.07, 6.45) is 10.9. The first-order chi connectivity index (χ1) is 23.9. The number of benzene rings is 3. The quantitative estimate of drug-likeness (QED) is 0.0765. The molecule has 0 unspecified atom stereocenters. The molecule has 3 aromatic carbocycles. The van der Waals surface area contributed by atoms with E-state index in [4.69, 9.17) is 18.9 Å². The van der Waals surface area contributed by atoms with Gasteiger partial charge >= 0.3 is 0 Å². The van der Waals surface area contributed by atoms with Crippen LogP contribution in [0.25, 0.3) is 17.0 Å². The van der Waals surface area contributed by atoms with E-state index in [2.05, 4.69) is 9.98 Å². The number of aliphatic imine (C=N–C) groups is 1. The third kappa shape index (κ3) is 7.46. The number of methoxy groups -OCH3 is 2. The lowest BCUT2D eigenvalue weighted by atomic mass is 9.98. The van der Waals surface area contributed by atoms with E-state index >= 15 is 0 Å². The van der Waals surface area contributed by atoms with Crippen molar-refractivity contribution in [1.82, 2.24) is 9.88 Å². The van der Waals surface area contributed by atoms with E-state index in [0.717, 1.165) is 72.8 Å². The maximum atomic E-state index is 13.2. The minimum Gasteiger partial charge on any atom is -0.493 e. The molecular weight excluding hydrogens is 618 g/mol. The number of allylic oxidation sites excluding steroid dienone is 1. The molecule has 3 heterocycles. The van der Waals surface area contributed by atoms with Gasteiger partial charge in [-0.3, -0.25) is 19.6 Å². The van der Waals surface area contributed by atoms with Crippen LogP contribution < -0.4 is 18.9 Å². The number of carbonyl (C=O) groups excluding carboxylic acids is 2. The van der Waals surface area contributed by atoms with Gasteiger partial charge in [-0.25, -0.2) is 0 Å². The molecule has 6 rings (SSSR count). The molecule has 0 N–H and O–H groups in total. The zero-order valence-electron chi connectivity index (χ0n) is 28.7. The minimum absolute atomic E-state index is 0.000116. The summed E-state index contributed by atoms with van der Waals surface area (Å²) in [5.41, 5.74) is 5.21. The molecular formula is C40H43N3O6. The highest BCUT2D eigenvalue weighted by Crippen LogP contribution is 2.38. The summed E-state index contributed by atoms with van der Waals surface area (Å²) in [5.74, 6) is 2.34. The highest BCUT2D eigenvalue weighted by atomic mass is 16.5. The zero-order chi connectivity index (χ0) is 34.3. The van der Waals surface area contributed by atoms with Crippen molar-refractivity contribution in [3.05, 3.63) is 88.6 Å². The van der Waals surface area contributed by atoms with Gasteiger partial charge in [-0.15, -0.1) is 0 Å². The Morgan fingerprint density at radius 1 is 0.898 bits per heavy atom. The van der Waals surface area contributed by atoms with Crippen molar-refractivity contribution in [3.8, 4) is 23.0 Å². The fourth-order valence-corrected chi connectivity index (χ4v) is 6.60. The average molecular weight is 662 g/mol. The van der Waals surface area contributed by atoms with Gasteiger partial charge in [-0.1, -0.05) is 30.3 Å². The topological polar surface area (TPSA) is 99.6 Å². The van der Waals surface area contributed by atoms with Crippen LogP contribution in [0.15, 0.2) is 65.7 Å². The van der Waals surface area contributed by atoms with Gasteiger partial charge in [0.2, 0.25) is 0 Å². The first-order valence-electron chi connectivity index (χ1n) is 17.0. The molecule has 0 aliphatic carbocycles. The van der Waals surface area contributed by atoms with Crippen LogP contribution in [-0.4, -0.2) is 67.8 Å². The maximum Gasteiger partial charge on any atom is 0.256 e. The molecule has 4 aromatic rings. The van der Waals surface area contributed by atoms with Gasteiger partial charge < -0.3 is 23.8 Å². The smallest absolute Gasteiger partial charge is 0.256 e. The number of unbranched alkanes of at least 4 members (excludes halogenated alkanes) is 3. The van der Waals surface area contributed by atoms with Crippen LogP contribution >= 0.6 is 0 Å². The summed E-state index contributed by atoms with van der Waals surface area (Å²) in [6.45, 7) is 5.69. The maximum absolute atomic E-state index is 13.2. The van der Waals surface area contributed by atoms with Crippen molar-refractivity contribution < 1.29 is 28.5 Å². The van der Waals surface area contributed by atoms with E-state index in [1.165, 1.54) is 0 Å². The Morgan fingerprint density at radius 2 is 1.63 bits per heavy atom. The van der Waals surface area contributed by atoms with Crippen LogP contribution in [-0.2, 0) is 0 Å². The number of ether oxygens (including phenoxy) is 4. The van der Waals surface area contributed by atoms with Crippen molar-refractivity contribution >= 4 is 40.6 Å². The molecule has 0 radical (unpaired) electrons. The van der Waals surface area contributed by atoms with Gasteiger partial charge in [0.25, 0.3) is 5.91 Å². The van der Waals surface area contributed by atoms with E-state index in [0.29, 0.717) is 53.0 Å². The molecule has 0 bridgehead atoms. The fraction of sp³-hybridized carbons (Fsp3) is 0.350. The first-order valence-corrected chi connectivity index (χ1v) is 17.0. The van der Waals surface area contributed by atoms with E-state index in [9.17, 15) is 9.59 Å². The molecule has 0 saturated carbocycles. The van der Waals surface area contributed by atoms with Gasteiger partial charge in [0.15, 0.2) is 28.8 Å². The molecule has 1 fully saturated rings. The molecule has 9 heteroatoms. The average Bonchev–Trinajstić information content (AvgIpc) is 3.55. The third-order valence-electron chi connectivity index (χ3n) is 9.21. The number of carbonyl (C=O) groups is 2. The number of aromatic nitrogens is 1. The van der Waals surface area contributed by atoms with Gasteiger partial charge in [0.1, 0.15) is 0 Å². The predicted octanol–water partition coefficient (Wildman–Crippen LogP) is 8.10. The standard InChI is InChI=1S/C40H43N3O6/c1-26-30-13-7-8-14-32(30)42-27(2)39(26)34(44)17-15-28-16-18-35(36(22-28)46-3)48-20-9-5-6-10-21-49-38-24-33-31(23-37(38)47-4)40(45)43-19-11-12-29(43)25-41-33/h7-8,13-18,22-25,29H,5-6,9-12,19-21H2,1-4H3/b17-15+/t29-/m0/s1. The molecule has 9 nitrogen and oxygen atoms in total. The summed E-state index contributed by atoms with van der Waals surface area (Å²) in [7, 11) is 3.20. The van der Waals surface area contributed by atoms with Gasteiger partial charge in [0, 0.05) is 35.5 Å². The molecule has 254 valence electrons. The van der Waals surface area contributed by atoms with Gasteiger partial charge in [-0.2, -0.15) is 0 Å². The van der Waals surface area contributed by atoms with Gasteiger partial charge in [-0.05, 0) is 93.8 Å². The summed E-state index contributed by atoms with van der Waals surface area (Å²) in [5, 5.41) is 0.984. The van der Waals surface area contributed by atoms with Gasteiger partial charge in [0.05, 0.1) is 50.2 Å². The number of ketones is 1. The second-order valence-electron chi connectivity index (χ2n) is 12.4. The van der Waals surface area contributed by atoms with Crippen molar-refractivity contribution in [2.24, 2.45) is 4.99 Å². The van der Waals surface area contributed by atoms with Crippen LogP contribution in [0.3, 0.4) is 0 Å². The van der Waals surface area contributed by atoms with Crippen molar-refractivity contribution in [3.63, 3.8) is 0 Å². The Hall–Kier alpha value is -5.18. The molecule has 1 aromatic heterocycles. The Balaban J connectivity index is 0.959. The number of amides is 1. The predicted molar refractivity (Wildman–Crippen MR) is 192 cm³/mol. The molecule has 2 aliphatic rings. The Morgan fingerprint density at radius 3 is 2.41 bits per heavy atom. The summed E-state index contributed by atoms with van der Waals surface area (Å²) < 4.78 is 23.3. The number of pyridine rings is 1. The minimum atomic E-state index is -0.0823. The molecule has 49 heavy (non-hydrogen) atoms. The van der Waals surface area contributed by atoms with Crippen molar-refractivity contribution in [2.45, 2.75) is 58.4 Å². The molecule has 1 atom stereocenters. The molecule has 2 aliphatic heterocycles. The highest BCUT2D eigenvalue weighted by molar-refractivity contribution is 6.10. The highest BCUT2D eigenvalue weighted by Gasteiger charge is 2.32. The normalized spacial score (nSPS) is 15.3. The summed E-state index contributed by atoms with van der Waals surface area (Å²) in [4.78, 5) is 37.4. The third-order valence-corrected chi connectivity index (χ3v) is 9.21. The Kier molecular flexibility index (Phi) is 10.6. The number of rotatable bonds is 14. The van der Waals surface area contributed by atoms with E-state index in [1.54, 1.807) is 32.4 Å². The summed E-state index contributed by atoms with van der Waals surface area (Å²) >= 11 is 0. The van der Waals surface area contributed by atoms with E-state index < -0.39 is 0 Å². The molecule has 1 saturated heterocycles. The van der Waals surface area contributed by atoms with E-state index in [1.807, 2.05) is 73.5 Å². The molecule has 1 amide bonds. The number of hydrogen-bond acceptors (Lipinski definition) is 8. The van der Waals surface area contributed by atoms with Crippen LogP contribution in [0.4, 0.5) is 5.69 Å². The SMILES string of the molecule is COc1cc(/C=C/C(=O)c2c(C)nc3ccccc3c2C)ccc1OCCCCCCOc1cc2c(cc1OC)C(=O)N1CCC[C@H]1C=N2. The molecule has 0 spiro atoms. The lowest BCUT2D eigenvalue weighted by Gasteiger charge is -2.20. The largest absolute Gasteiger partial charge is 0.493 e. The Labute approximate surface area is 287 Å². The number of fused-ring (bicyclic) bond motifs is 3. The number of nitrogens with zero attached hydrogens (tertiary/aromatic N) is 3. The second kappa shape index (κ2) is 15.4. The lowest BCUT2D eigenvalue weighted by molar-refractivity contribution is 0.0774. The summed E-state index contributed by atoms with van der Waals surface area (Å²) in [6, 6.07) is 17.2. The number of aryl methyl sites for hydroxylation is 2. The lowest BCUT2D eigenvalue weighted by Crippen LogP contribution is -2.35. The monoisotopic (exact) mass is 661 g/mol. The van der Waals surface area contributed by atoms with E-state index in [-0.39, 0.29) is 17.7 Å². The Bertz CT molecular complexity index is 1920. The zero-order valence-corrected chi connectivity index (χ0v) is 28.7. The number of hydrogen-bond donors (Lipinski definition) is 0. The van der Waals surface area contributed by atoms with Crippen LogP contribution in [0.1, 0.15) is 76.1 Å². The fourth-order valence-electron chi connectivity index (χ4n) is 6.60.